The molecule has 0 atom stereocenters. The molecule has 7 heteroatoms. The van der Waals surface area contributed by atoms with Crippen molar-refractivity contribution in [3.8, 4) is 22.5 Å². The van der Waals surface area contributed by atoms with E-state index in [4.69, 9.17) is 16.3 Å². The van der Waals surface area contributed by atoms with Crippen LogP contribution >= 0.6 is 11.6 Å². The van der Waals surface area contributed by atoms with Crippen molar-refractivity contribution >= 4 is 17.5 Å². The summed E-state index contributed by atoms with van der Waals surface area (Å²) in [5, 5.41) is 11.1. The molecular formula is C23H25ClN4O2. The highest BCUT2D eigenvalue weighted by Crippen LogP contribution is 2.25. The van der Waals surface area contributed by atoms with Crippen molar-refractivity contribution in [2.24, 2.45) is 0 Å². The zero-order valence-electron chi connectivity index (χ0n) is 16.7. The lowest BCUT2D eigenvalue weighted by Gasteiger charge is -2.26. The van der Waals surface area contributed by atoms with E-state index in [2.05, 4.69) is 20.4 Å². The number of nitrogens with one attached hydrogen (secondary N) is 2. The minimum atomic E-state index is -0.0487. The summed E-state index contributed by atoms with van der Waals surface area (Å²) in [5.41, 5.74) is 4.38. The molecule has 1 aliphatic rings. The summed E-state index contributed by atoms with van der Waals surface area (Å²) >= 11 is 5.95. The van der Waals surface area contributed by atoms with E-state index < -0.39 is 0 Å². The maximum absolute atomic E-state index is 12.4. The third-order valence-corrected chi connectivity index (χ3v) is 5.47. The van der Waals surface area contributed by atoms with Crippen LogP contribution in [0, 0.1) is 0 Å². The van der Waals surface area contributed by atoms with Crippen molar-refractivity contribution < 1.29 is 9.53 Å². The van der Waals surface area contributed by atoms with Crippen LogP contribution in [0.2, 0.25) is 5.02 Å². The molecule has 1 saturated heterocycles. The molecule has 2 heterocycles. The number of rotatable bonds is 7. The standard InChI is InChI=1S/C23H25ClN4O2/c24-20-8-6-18(7-9-20)22-16-21(26-27-22)17-2-4-19(5-3-17)23(29)25-10-1-11-28-12-14-30-15-13-28/h2-9,16H,1,10-15H2,(H,25,29)(H,26,27). The Hall–Kier alpha value is -2.67. The smallest absolute Gasteiger partial charge is 0.251 e. The van der Waals surface area contributed by atoms with Gasteiger partial charge in [-0.1, -0.05) is 35.9 Å². The van der Waals surface area contributed by atoms with Crippen LogP contribution in [0.25, 0.3) is 22.5 Å². The average molecular weight is 425 g/mol. The molecular weight excluding hydrogens is 400 g/mol. The predicted octanol–water partition coefficient (Wildman–Crippen LogP) is 3.85. The van der Waals surface area contributed by atoms with Crippen molar-refractivity contribution in [1.29, 1.82) is 0 Å². The molecule has 4 rings (SSSR count). The van der Waals surface area contributed by atoms with E-state index in [1.807, 2.05) is 54.6 Å². The number of nitrogens with zero attached hydrogens (tertiary/aromatic N) is 2. The van der Waals surface area contributed by atoms with Crippen LogP contribution in [-0.4, -0.2) is 60.4 Å². The molecule has 0 unspecified atom stereocenters. The Morgan fingerprint density at radius 3 is 2.50 bits per heavy atom. The van der Waals surface area contributed by atoms with Crippen LogP contribution in [0.5, 0.6) is 0 Å². The summed E-state index contributed by atoms with van der Waals surface area (Å²) in [7, 11) is 0. The highest BCUT2D eigenvalue weighted by Gasteiger charge is 2.11. The fraction of sp³-hybridized carbons (Fsp3) is 0.304. The molecule has 0 radical (unpaired) electrons. The number of hydrogen-bond acceptors (Lipinski definition) is 4. The highest BCUT2D eigenvalue weighted by molar-refractivity contribution is 6.30. The van der Waals surface area contributed by atoms with E-state index in [0.29, 0.717) is 17.1 Å². The topological polar surface area (TPSA) is 70.2 Å². The summed E-state index contributed by atoms with van der Waals surface area (Å²) in [5.74, 6) is -0.0487. The number of aromatic nitrogens is 2. The van der Waals surface area contributed by atoms with Crippen molar-refractivity contribution in [2.45, 2.75) is 6.42 Å². The van der Waals surface area contributed by atoms with Gasteiger partial charge >= 0.3 is 0 Å². The molecule has 2 N–H and O–H groups in total. The van der Waals surface area contributed by atoms with Crippen molar-refractivity contribution in [3.05, 3.63) is 65.2 Å². The Bertz CT molecular complexity index is 964. The van der Waals surface area contributed by atoms with Gasteiger partial charge in [0.1, 0.15) is 0 Å². The molecule has 1 aliphatic heterocycles. The number of halogens is 1. The lowest BCUT2D eigenvalue weighted by atomic mass is 10.1. The maximum atomic E-state index is 12.4. The lowest BCUT2D eigenvalue weighted by Crippen LogP contribution is -2.38. The lowest BCUT2D eigenvalue weighted by molar-refractivity contribution is 0.0374. The number of hydrogen-bond donors (Lipinski definition) is 2. The molecule has 0 spiro atoms. The largest absolute Gasteiger partial charge is 0.379 e. The fourth-order valence-corrected chi connectivity index (χ4v) is 3.60. The molecule has 0 saturated carbocycles. The van der Waals surface area contributed by atoms with Crippen molar-refractivity contribution in [1.82, 2.24) is 20.4 Å². The summed E-state index contributed by atoms with van der Waals surface area (Å²) in [6.45, 7) is 5.20. The van der Waals surface area contributed by atoms with Gasteiger partial charge in [-0.05, 0) is 48.9 Å². The molecule has 1 fully saturated rings. The number of benzene rings is 2. The SMILES string of the molecule is O=C(NCCCN1CCOCC1)c1ccc(-c2cc(-c3ccc(Cl)cc3)[nH]n2)cc1. The van der Waals surface area contributed by atoms with Gasteiger partial charge in [-0.25, -0.2) is 0 Å². The molecule has 0 aliphatic carbocycles. The third kappa shape index (κ3) is 5.27. The Labute approximate surface area is 181 Å². The summed E-state index contributed by atoms with van der Waals surface area (Å²) in [4.78, 5) is 14.8. The van der Waals surface area contributed by atoms with E-state index in [1.165, 1.54) is 0 Å². The Kier molecular flexibility index (Phi) is 6.79. The van der Waals surface area contributed by atoms with Crippen LogP contribution in [0.3, 0.4) is 0 Å². The molecule has 0 bridgehead atoms. The number of aromatic amines is 1. The van der Waals surface area contributed by atoms with Gasteiger partial charge in [0.25, 0.3) is 5.91 Å². The van der Waals surface area contributed by atoms with E-state index in [-0.39, 0.29) is 5.91 Å². The number of ether oxygens (including phenoxy) is 1. The summed E-state index contributed by atoms with van der Waals surface area (Å²) in [6.07, 6.45) is 0.935. The van der Waals surface area contributed by atoms with E-state index >= 15 is 0 Å². The van der Waals surface area contributed by atoms with Crippen LogP contribution in [0.15, 0.2) is 54.6 Å². The zero-order chi connectivity index (χ0) is 20.8. The fourth-order valence-electron chi connectivity index (χ4n) is 3.47. The zero-order valence-corrected chi connectivity index (χ0v) is 17.5. The second kappa shape index (κ2) is 9.89. The van der Waals surface area contributed by atoms with Gasteiger partial charge in [0.15, 0.2) is 0 Å². The van der Waals surface area contributed by atoms with Gasteiger partial charge in [-0.2, -0.15) is 5.10 Å². The monoisotopic (exact) mass is 424 g/mol. The first-order valence-electron chi connectivity index (χ1n) is 10.2. The second-order valence-electron chi connectivity index (χ2n) is 7.31. The Balaban J connectivity index is 1.30. The normalized spacial score (nSPS) is 14.6. The highest BCUT2D eigenvalue weighted by atomic mass is 35.5. The summed E-state index contributed by atoms with van der Waals surface area (Å²) < 4.78 is 5.35. The minimum absolute atomic E-state index is 0.0487. The van der Waals surface area contributed by atoms with Crippen molar-refractivity contribution in [3.63, 3.8) is 0 Å². The minimum Gasteiger partial charge on any atom is -0.379 e. The number of H-pyrrole nitrogens is 1. The number of morpholine rings is 1. The predicted molar refractivity (Wildman–Crippen MR) is 119 cm³/mol. The first-order chi connectivity index (χ1) is 14.7. The quantitative estimate of drug-likeness (QED) is 0.565. The van der Waals surface area contributed by atoms with E-state index in [9.17, 15) is 4.79 Å². The van der Waals surface area contributed by atoms with Gasteiger partial charge < -0.3 is 10.1 Å². The second-order valence-corrected chi connectivity index (χ2v) is 7.75. The molecule has 156 valence electrons. The van der Waals surface area contributed by atoms with E-state index in [1.54, 1.807) is 0 Å². The van der Waals surface area contributed by atoms with Gasteiger partial charge in [-0.3, -0.25) is 14.8 Å². The molecule has 3 aromatic rings. The average Bonchev–Trinajstić information content (AvgIpc) is 3.28. The van der Waals surface area contributed by atoms with Crippen LogP contribution in [0.4, 0.5) is 0 Å². The van der Waals surface area contributed by atoms with Crippen molar-refractivity contribution in [2.75, 3.05) is 39.4 Å². The third-order valence-electron chi connectivity index (χ3n) is 5.22. The Morgan fingerprint density at radius 1 is 1.07 bits per heavy atom. The van der Waals surface area contributed by atoms with Gasteiger partial charge in [0, 0.05) is 35.8 Å². The molecule has 2 aromatic carbocycles. The molecule has 30 heavy (non-hydrogen) atoms. The number of carbonyl (C=O) groups excluding carboxylic acids is 1. The Morgan fingerprint density at radius 2 is 1.77 bits per heavy atom. The first kappa shape index (κ1) is 20.6. The van der Waals surface area contributed by atoms with Gasteiger partial charge in [0.2, 0.25) is 0 Å². The molecule has 1 amide bonds. The van der Waals surface area contributed by atoms with Crippen LogP contribution in [0.1, 0.15) is 16.8 Å². The van der Waals surface area contributed by atoms with Gasteiger partial charge in [-0.15, -0.1) is 0 Å². The maximum Gasteiger partial charge on any atom is 0.251 e. The number of amides is 1. The first-order valence-corrected chi connectivity index (χ1v) is 10.6. The number of carbonyl (C=O) groups is 1. The van der Waals surface area contributed by atoms with E-state index in [0.717, 1.165) is 61.8 Å². The summed E-state index contributed by atoms with van der Waals surface area (Å²) in [6, 6.07) is 17.1. The molecule has 6 nitrogen and oxygen atoms in total. The van der Waals surface area contributed by atoms with Crippen LogP contribution in [-0.2, 0) is 4.74 Å². The van der Waals surface area contributed by atoms with Crippen LogP contribution < -0.4 is 5.32 Å². The van der Waals surface area contributed by atoms with Gasteiger partial charge in [0.05, 0.1) is 24.6 Å². The molecule has 1 aromatic heterocycles.